The molecule has 1 N–H and O–H groups in total. The lowest BCUT2D eigenvalue weighted by atomic mass is 9.98. The molecule has 5 heteroatoms. The molecule has 0 aliphatic carbocycles. The third kappa shape index (κ3) is 3.85. The quantitative estimate of drug-likeness (QED) is 0.890. The Bertz CT molecular complexity index is 794. The molecule has 0 heterocycles. The minimum atomic E-state index is -3.72. The minimum absolute atomic E-state index is 0.162. The van der Waals surface area contributed by atoms with E-state index in [2.05, 4.69) is 4.72 Å². The van der Waals surface area contributed by atoms with Crippen molar-refractivity contribution in [3.63, 3.8) is 0 Å². The molecule has 0 bridgehead atoms. The van der Waals surface area contributed by atoms with Gasteiger partial charge in [-0.15, -0.1) is 0 Å². The molecule has 0 spiro atoms. The number of anilines is 1. The van der Waals surface area contributed by atoms with Gasteiger partial charge >= 0.3 is 0 Å². The van der Waals surface area contributed by atoms with Crippen molar-refractivity contribution in [3.05, 3.63) is 53.1 Å². The second-order valence-electron chi connectivity index (χ2n) is 5.99. The van der Waals surface area contributed by atoms with Crippen LogP contribution >= 0.6 is 0 Å². The first-order chi connectivity index (χ1) is 10.7. The molecule has 2 aromatic carbocycles. The zero-order valence-corrected chi connectivity index (χ0v) is 15.0. The molecule has 0 fully saturated rings. The molecular formula is C18H23NO3S. The lowest BCUT2D eigenvalue weighted by molar-refractivity contribution is 0.402. The summed E-state index contributed by atoms with van der Waals surface area (Å²) in [6.07, 6.45) is 0. The van der Waals surface area contributed by atoms with E-state index in [-0.39, 0.29) is 10.8 Å². The van der Waals surface area contributed by atoms with Crippen LogP contribution in [0, 0.1) is 13.8 Å². The summed E-state index contributed by atoms with van der Waals surface area (Å²) in [5.74, 6) is 0.584. The van der Waals surface area contributed by atoms with Crippen LogP contribution in [0.1, 0.15) is 36.5 Å². The third-order valence-electron chi connectivity index (χ3n) is 3.77. The fraction of sp³-hybridized carbons (Fsp3) is 0.333. The second-order valence-corrected chi connectivity index (χ2v) is 7.64. The summed E-state index contributed by atoms with van der Waals surface area (Å²) in [7, 11) is -2.24. The van der Waals surface area contributed by atoms with E-state index in [0.717, 1.165) is 16.7 Å². The number of hydrogen-bond acceptors (Lipinski definition) is 3. The molecule has 23 heavy (non-hydrogen) atoms. The van der Waals surface area contributed by atoms with Crippen LogP contribution in [0.15, 0.2) is 41.3 Å². The van der Waals surface area contributed by atoms with E-state index >= 15 is 0 Å². The van der Waals surface area contributed by atoms with E-state index in [4.69, 9.17) is 4.74 Å². The van der Waals surface area contributed by atoms with Crippen molar-refractivity contribution in [1.29, 1.82) is 0 Å². The second kappa shape index (κ2) is 6.62. The van der Waals surface area contributed by atoms with E-state index in [1.807, 2.05) is 39.8 Å². The first-order valence-electron chi connectivity index (χ1n) is 7.52. The Kier molecular flexibility index (Phi) is 5.00. The largest absolute Gasteiger partial charge is 0.495 e. The van der Waals surface area contributed by atoms with Crippen molar-refractivity contribution < 1.29 is 13.2 Å². The fourth-order valence-corrected chi connectivity index (χ4v) is 3.75. The van der Waals surface area contributed by atoms with E-state index in [9.17, 15) is 8.42 Å². The van der Waals surface area contributed by atoms with Gasteiger partial charge in [0.05, 0.1) is 7.11 Å². The van der Waals surface area contributed by atoms with Gasteiger partial charge in [0.15, 0.2) is 0 Å². The molecule has 0 unspecified atom stereocenters. The fourth-order valence-electron chi connectivity index (χ4n) is 2.50. The Labute approximate surface area is 138 Å². The van der Waals surface area contributed by atoms with E-state index < -0.39 is 10.0 Å². The summed E-state index contributed by atoms with van der Waals surface area (Å²) in [5, 5.41) is 0. The van der Waals surface area contributed by atoms with Crippen molar-refractivity contribution in [2.75, 3.05) is 11.8 Å². The first kappa shape index (κ1) is 17.3. The summed E-state index contributed by atoms with van der Waals surface area (Å²) >= 11 is 0. The molecule has 0 atom stereocenters. The van der Waals surface area contributed by atoms with Gasteiger partial charge in [-0.05, 0) is 55.2 Å². The van der Waals surface area contributed by atoms with Crippen molar-refractivity contribution >= 4 is 15.7 Å². The number of aryl methyl sites for hydroxylation is 2. The van der Waals surface area contributed by atoms with Gasteiger partial charge in [-0.25, -0.2) is 8.42 Å². The highest BCUT2D eigenvalue weighted by molar-refractivity contribution is 7.92. The predicted molar refractivity (Wildman–Crippen MR) is 93.8 cm³/mol. The van der Waals surface area contributed by atoms with Gasteiger partial charge in [0.2, 0.25) is 0 Å². The number of benzene rings is 2. The summed E-state index contributed by atoms with van der Waals surface area (Å²) in [5.41, 5.74) is 3.62. The average molecular weight is 333 g/mol. The predicted octanol–water partition coefficient (Wildman–Crippen LogP) is 4.24. The Morgan fingerprint density at radius 2 is 1.65 bits per heavy atom. The maximum absolute atomic E-state index is 12.8. The van der Waals surface area contributed by atoms with Crippen molar-refractivity contribution in [2.24, 2.45) is 0 Å². The SMILES string of the molecule is COc1cc(C)c(C(C)C)cc1S(=O)(=O)Nc1ccc(C)cc1. The molecule has 0 aliphatic rings. The van der Waals surface area contributed by atoms with E-state index in [1.165, 1.54) is 7.11 Å². The average Bonchev–Trinajstić information content (AvgIpc) is 2.48. The van der Waals surface area contributed by atoms with Crippen LogP contribution in [-0.4, -0.2) is 15.5 Å². The molecule has 0 aliphatic heterocycles. The molecule has 124 valence electrons. The van der Waals surface area contributed by atoms with Gasteiger partial charge in [-0.3, -0.25) is 4.72 Å². The van der Waals surface area contributed by atoms with Gasteiger partial charge in [0, 0.05) is 5.69 Å². The normalized spacial score (nSPS) is 11.6. The number of sulfonamides is 1. The highest BCUT2D eigenvalue weighted by atomic mass is 32.2. The standard InChI is InChI=1S/C18H23NO3S/c1-12(2)16-11-18(17(22-5)10-14(16)4)23(20,21)19-15-8-6-13(3)7-9-15/h6-12,19H,1-5H3. The highest BCUT2D eigenvalue weighted by Gasteiger charge is 2.22. The lowest BCUT2D eigenvalue weighted by Gasteiger charge is -2.17. The first-order valence-corrected chi connectivity index (χ1v) is 9.01. The van der Waals surface area contributed by atoms with Crippen LogP contribution in [0.25, 0.3) is 0 Å². The van der Waals surface area contributed by atoms with Crippen molar-refractivity contribution in [2.45, 2.75) is 38.5 Å². The molecular weight excluding hydrogens is 310 g/mol. The van der Waals surface area contributed by atoms with Crippen LogP contribution in [0.3, 0.4) is 0 Å². The highest BCUT2D eigenvalue weighted by Crippen LogP contribution is 2.32. The number of nitrogens with one attached hydrogen (secondary N) is 1. The molecule has 0 radical (unpaired) electrons. The summed E-state index contributed by atoms with van der Waals surface area (Å²) < 4.78 is 33.4. The van der Waals surface area contributed by atoms with Crippen LogP contribution in [0.4, 0.5) is 5.69 Å². The van der Waals surface area contributed by atoms with Gasteiger partial charge in [-0.2, -0.15) is 0 Å². The molecule has 4 nitrogen and oxygen atoms in total. The minimum Gasteiger partial charge on any atom is -0.495 e. The number of rotatable bonds is 5. The molecule has 0 saturated heterocycles. The topological polar surface area (TPSA) is 55.4 Å². The van der Waals surface area contributed by atoms with Gasteiger partial charge in [-0.1, -0.05) is 31.5 Å². The lowest BCUT2D eigenvalue weighted by Crippen LogP contribution is -2.15. The smallest absolute Gasteiger partial charge is 0.265 e. The summed E-state index contributed by atoms with van der Waals surface area (Å²) in [6.45, 7) is 8.00. The van der Waals surface area contributed by atoms with Crippen LogP contribution in [0.2, 0.25) is 0 Å². The Morgan fingerprint density at radius 1 is 1.04 bits per heavy atom. The molecule has 2 rings (SSSR count). The van der Waals surface area contributed by atoms with E-state index in [0.29, 0.717) is 11.4 Å². The van der Waals surface area contributed by atoms with Crippen molar-refractivity contribution in [1.82, 2.24) is 0 Å². The van der Waals surface area contributed by atoms with Gasteiger partial charge in [0.1, 0.15) is 10.6 Å². The number of ether oxygens (including phenoxy) is 1. The summed E-state index contributed by atoms with van der Waals surface area (Å²) in [4.78, 5) is 0.162. The summed E-state index contributed by atoms with van der Waals surface area (Å²) in [6, 6.07) is 10.7. The maximum Gasteiger partial charge on any atom is 0.265 e. The third-order valence-corrected chi connectivity index (χ3v) is 5.17. The molecule has 0 amide bonds. The van der Waals surface area contributed by atoms with E-state index in [1.54, 1.807) is 24.3 Å². The Morgan fingerprint density at radius 3 is 2.17 bits per heavy atom. The zero-order valence-electron chi connectivity index (χ0n) is 14.2. The zero-order chi connectivity index (χ0) is 17.2. The Balaban J connectivity index is 2.49. The molecule has 0 aromatic heterocycles. The van der Waals surface area contributed by atoms with Crippen LogP contribution in [-0.2, 0) is 10.0 Å². The van der Waals surface area contributed by atoms with Gasteiger partial charge in [0.25, 0.3) is 10.0 Å². The van der Waals surface area contributed by atoms with Crippen LogP contribution in [0.5, 0.6) is 5.75 Å². The molecule has 0 saturated carbocycles. The number of methoxy groups -OCH3 is 1. The van der Waals surface area contributed by atoms with Gasteiger partial charge < -0.3 is 4.74 Å². The van der Waals surface area contributed by atoms with Crippen LogP contribution < -0.4 is 9.46 Å². The monoisotopic (exact) mass is 333 g/mol. The molecule has 2 aromatic rings. The maximum atomic E-state index is 12.8. The van der Waals surface area contributed by atoms with Crippen molar-refractivity contribution in [3.8, 4) is 5.75 Å². The Hall–Kier alpha value is -2.01. The number of hydrogen-bond donors (Lipinski definition) is 1.